The molecule has 0 radical (unpaired) electrons. The number of benzene rings is 1. The van der Waals surface area contributed by atoms with E-state index in [1.165, 1.54) is 0 Å². The van der Waals surface area contributed by atoms with Gasteiger partial charge >= 0.3 is 5.97 Å². The molecule has 29 heavy (non-hydrogen) atoms. The van der Waals surface area contributed by atoms with E-state index in [1.54, 1.807) is 57.0 Å². The minimum absolute atomic E-state index is 0.0145. The summed E-state index contributed by atoms with van der Waals surface area (Å²) in [5.74, 6) is -0.859. The topological polar surface area (TPSA) is 84.9 Å². The van der Waals surface area contributed by atoms with Gasteiger partial charge in [0.1, 0.15) is 11.8 Å². The van der Waals surface area contributed by atoms with E-state index in [2.05, 4.69) is 5.32 Å². The molecule has 1 aromatic rings. The average Bonchev–Trinajstić information content (AvgIpc) is 2.64. The van der Waals surface area contributed by atoms with Crippen LogP contribution in [0, 0.1) is 5.92 Å². The first-order valence-electron chi connectivity index (χ1n) is 9.97. The van der Waals surface area contributed by atoms with Crippen LogP contribution >= 0.6 is 0 Å². The van der Waals surface area contributed by atoms with Crippen molar-refractivity contribution < 1.29 is 23.9 Å². The number of hydrogen-bond donors (Lipinski definition) is 1. The van der Waals surface area contributed by atoms with Crippen LogP contribution in [0.25, 0.3) is 0 Å². The van der Waals surface area contributed by atoms with Crippen LogP contribution in [-0.2, 0) is 14.3 Å². The number of carbonyl (C=O) groups excluding carboxylic acids is 3. The number of methoxy groups -OCH3 is 1. The van der Waals surface area contributed by atoms with Crippen molar-refractivity contribution in [3.05, 3.63) is 29.8 Å². The fraction of sp³-hybridized carbons (Fsp3) is 0.591. The van der Waals surface area contributed by atoms with E-state index in [-0.39, 0.29) is 23.9 Å². The maximum atomic E-state index is 12.7. The third kappa shape index (κ3) is 6.76. The van der Waals surface area contributed by atoms with Gasteiger partial charge in [0, 0.05) is 17.6 Å². The number of carbonyl (C=O) groups is 3. The molecule has 0 saturated heterocycles. The van der Waals surface area contributed by atoms with Gasteiger partial charge in [-0.3, -0.25) is 9.59 Å². The van der Waals surface area contributed by atoms with Crippen LogP contribution in [0.2, 0.25) is 0 Å². The highest BCUT2D eigenvalue weighted by molar-refractivity contribution is 5.97. The molecule has 0 spiro atoms. The summed E-state index contributed by atoms with van der Waals surface area (Å²) in [6.45, 7) is 12.8. The summed E-state index contributed by atoms with van der Waals surface area (Å²) >= 11 is 0. The zero-order chi connectivity index (χ0) is 22.3. The Labute approximate surface area is 173 Å². The Balaban J connectivity index is 2.86. The fourth-order valence-electron chi connectivity index (χ4n) is 3.08. The van der Waals surface area contributed by atoms with Crippen molar-refractivity contribution >= 4 is 17.8 Å². The van der Waals surface area contributed by atoms with Gasteiger partial charge in [-0.2, -0.15) is 0 Å². The molecule has 2 atom stereocenters. The molecule has 7 nitrogen and oxygen atoms in total. The van der Waals surface area contributed by atoms with Crippen LogP contribution in [0.4, 0.5) is 0 Å². The molecule has 0 aliphatic carbocycles. The van der Waals surface area contributed by atoms with E-state index < -0.39 is 24.0 Å². The minimum Gasteiger partial charge on any atom is -0.497 e. The first-order valence-corrected chi connectivity index (χ1v) is 9.97. The molecule has 0 heterocycles. The van der Waals surface area contributed by atoms with Crippen LogP contribution in [0.5, 0.6) is 5.75 Å². The number of nitrogens with zero attached hydrogens (tertiary/aromatic N) is 1. The Morgan fingerprint density at radius 1 is 0.897 bits per heavy atom. The van der Waals surface area contributed by atoms with Gasteiger partial charge in [0.05, 0.1) is 7.11 Å². The number of rotatable bonds is 9. The highest BCUT2D eigenvalue weighted by atomic mass is 16.5. The second kappa shape index (κ2) is 10.8. The van der Waals surface area contributed by atoms with Crippen LogP contribution in [0.3, 0.4) is 0 Å². The molecule has 0 aromatic heterocycles. The number of nitrogens with one attached hydrogen (secondary N) is 1. The highest BCUT2D eigenvalue weighted by Gasteiger charge is 2.32. The number of ether oxygens (including phenoxy) is 2. The van der Waals surface area contributed by atoms with Crippen LogP contribution < -0.4 is 10.1 Å². The van der Waals surface area contributed by atoms with E-state index in [0.717, 1.165) is 0 Å². The summed E-state index contributed by atoms with van der Waals surface area (Å²) in [4.78, 5) is 39.6. The second-order valence-electron chi connectivity index (χ2n) is 7.94. The largest absolute Gasteiger partial charge is 0.497 e. The standard InChI is InChI=1S/C22H34N2O5/c1-13(2)19(23-20(25)17-9-11-18(28-8)12-10-17)22(27)29-16(7)21(26)24(14(3)4)15(5)6/h9-16,19H,1-8H3,(H,23,25)/t16-,19-/m0/s1. The smallest absolute Gasteiger partial charge is 0.329 e. The molecule has 0 aliphatic heterocycles. The lowest BCUT2D eigenvalue weighted by Gasteiger charge is -2.33. The van der Waals surface area contributed by atoms with Crippen molar-refractivity contribution in [3.63, 3.8) is 0 Å². The van der Waals surface area contributed by atoms with E-state index in [0.29, 0.717) is 11.3 Å². The molecule has 0 fully saturated rings. The van der Waals surface area contributed by atoms with Crippen LogP contribution in [-0.4, -0.2) is 54.0 Å². The highest BCUT2D eigenvalue weighted by Crippen LogP contribution is 2.14. The normalized spacial score (nSPS) is 13.2. The summed E-state index contributed by atoms with van der Waals surface area (Å²) in [6.07, 6.45) is -0.938. The zero-order valence-corrected chi connectivity index (χ0v) is 18.7. The predicted octanol–water partition coefficient (Wildman–Crippen LogP) is 3.03. The van der Waals surface area contributed by atoms with Crippen LogP contribution in [0.1, 0.15) is 58.8 Å². The van der Waals surface area contributed by atoms with Gasteiger partial charge in [-0.25, -0.2) is 4.79 Å². The lowest BCUT2D eigenvalue weighted by molar-refractivity contribution is -0.163. The number of amides is 2. The van der Waals surface area contributed by atoms with Crippen molar-refractivity contribution in [1.29, 1.82) is 0 Å². The van der Waals surface area contributed by atoms with E-state index in [1.807, 2.05) is 27.7 Å². The van der Waals surface area contributed by atoms with Gasteiger partial charge in [0.25, 0.3) is 11.8 Å². The Morgan fingerprint density at radius 2 is 1.41 bits per heavy atom. The van der Waals surface area contributed by atoms with Crippen LogP contribution in [0.15, 0.2) is 24.3 Å². The lowest BCUT2D eigenvalue weighted by atomic mass is 10.0. The lowest BCUT2D eigenvalue weighted by Crippen LogP contribution is -2.50. The SMILES string of the molecule is COc1ccc(C(=O)N[C@H](C(=O)O[C@@H](C)C(=O)N(C(C)C)C(C)C)C(C)C)cc1. The van der Waals surface area contributed by atoms with E-state index >= 15 is 0 Å². The molecular weight excluding hydrogens is 372 g/mol. The predicted molar refractivity (Wildman–Crippen MR) is 112 cm³/mol. The number of esters is 1. The summed E-state index contributed by atoms with van der Waals surface area (Å²) in [6, 6.07) is 5.68. The Bertz CT molecular complexity index is 690. The summed E-state index contributed by atoms with van der Waals surface area (Å²) < 4.78 is 10.5. The Morgan fingerprint density at radius 3 is 1.83 bits per heavy atom. The van der Waals surface area contributed by atoms with Crippen molar-refractivity contribution in [2.45, 2.75) is 72.7 Å². The first kappa shape index (κ1) is 24.5. The van der Waals surface area contributed by atoms with Crippen molar-refractivity contribution in [1.82, 2.24) is 10.2 Å². The van der Waals surface area contributed by atoms with Gasteiger partial charge in [0.2, 0.25) is 0 Å². The van der Waals surface area contributed by atoms with Gasteiger partial charge < -0.3 is 19.7 Å². The average molecular weight is 407 g/mol. The quantitative estimate of drug-likeness (QED) is 0.637. The van der Waals surface area contributed by atoms with Gasteiger partial charge in [0.15, 0.2) is 6.10 Å². The fourth-order valence-corrected chi connectivity index (χ4v) is 3.08. The van der Waals surface area contributed by atoms with E-state index in [9.17, 15) is 14.4 Å². The molecule has 0 bridgehead atoms. The molecule has 0 aliphatic rings. The molecule has 0 saturated carbocycles. The second-order valence-corrected chi connectivity index (χ2v) is 7.94. The molecular formula is C22H34N2O5. The molecule has 2 amide bonds. The molecule has 0 unspecified atom stereocenters. The summed E-state index contributed by atoms with van der Waals surface area (Å²) in [5, 5.41) is 2.71. The maximum absolute atomic E-state index is 12.7. The molecule has 1 N–H and O–H groups in total. The maximum Gasteiger partial charge on any atom is 0.329 e. The van der Waals surface area contributed by atoms with E-state index in [4.69, 9.17) is 9.47 Å². The molecule has 1 aromatic carbocycles. The third-order valence-corrected chi connectivity index (χ3v) is 4.57. The third-order valence-electron chi connectivity index (χ3n) is 4.57. The van der Waals surface area contributed by atoms with Gasteiger partial charge in [-0.05, 0) is 64.8 Å². The van der Waals surface area contributed by atoms with Crippen molar-refractivity contribution in [2.24, 2.45) is 5.92 Å². The zero-order valence-electron chi connectivity index (χ0n) is 18.7. The monoisotopic (exact) mass is 406 g/mol. The molecule has 7 heteroatoms. The Hall–Kier alpha value is -2.57. The van der Waals surface area contributed by atoms with Gasteiger partial charge in [-0.15, -0.1) is 0 Å². The molecule has 162 valence electrons. The van der Waals surface area contributed by atoms with Crippen molar-refractivity contribution in [3.8, 4) is 5.75 Å². The minimum atomic E-state index is -0.938. The first-order chi connectivity index (χ1) is 13.5. The van der Waals surface area contributed by atoms with Gasteiger partial charge in [-0.1, -0.05) is 13.8 Å². The van der Waals surface area contributed by atoms with Crippen molar-refractivity contribution in [2.75, 3.05) is 7.11 Å². The summed E-state index contributed by atoms with van der Waals surface area (Å²) in [7, 11) is 1.54. The Kier molecular flexibility index (Phi) is 9.14. The summed E-state index contributed by atoms with van der Waals surface area (Å²) in [5.41, 5.74) is 0.402. The molecule has 1 rings (SSSR count). The number of hydrogen-bond acceptors (Lipinski definition) is 5.